The first-order valence-corrected chi connectivity index (χ1v) is 18.2. The normalized spacial score (nSPS) is 14.1. The van der Waals surface area contributed by atoms with Gasteiger partial charge in [-0.3, -0.25) is 0 Å². The van der Waals surface area contributed by atoms with Crippen molar-refractivity contribution in [3.05, 3.63) is 169 Å². The molecule has 0 saturated heterocycles. The van der Waals surface area contributed by atoms with Crippen LogP contribution in [0, 0.1) is 5.92 Å². The molecule has 0 bridgehead atoms. The molecule has 2 heteroatoms. The highest BCUT2D eigenvalue weighted by Crippen LogP contribution is 2.43. The Labute approximate surface area is 302 Å². The van der Waals surface area contributed by atoms with E-state index in [0.29, 0.717) is 5.92 Å². The second kappa shape index (κ2) is 11.9. The lowest BCUT2D eigenvalue weighted by Crippen LogP contribution is -2.04. The first kappa shape index (κ1) is 30.4. The molecule has 1 atom stereocenters. The summed E-state index contributed by atoms with van der Waals surface area (Å²) in [5.74, 6) is 0.547. The van der Waals surface area contributed by atoms with Crippen LogP contribution >= 0.6 is 0 Å². The van der Waals surface area contributed by atoms with Crippen molar-refractivity contribution in [3.63, 3.8) is 0 Å². The van der Waals surface area contributed by atoms with Crippen LogP contribution in [0.2, 0.25) is 0 Å². The first-order valence-electron chi connectivity index (χ1n) is 18.2. The van der Waals surface area contributed by atoms with E-state index in [2.05, 4.69) is 164 Å². The smallest absolute Gasteiger partial charge is 0.143 e. The number of benzene rings is 8. The van der Waals surface area contributed by atoms with Gasteiger partial charge in [-0.1, -0.05) is 116 Å². The van der Waals surface area contributed by atoms with Crippen molar-refractivity contribution >= 4 is 82.1 Å². The van der Waals surface area contributed by atoms with E-state index in [1.165, 1.54) is 70.9 Å². The van der Waals surface area contributed by atoms with Crippen LogP contribution in [0.5, 0.6) is 0 Å². The van der Waals surface area contributed by atoms with Crippen LogP contribution < -0.4 is 0 Å². The van der Waals surface area contributed by atoms with Gasteiger partial charge < -0.3 is 8.98 Å². The molecule has 0 N–H and O–H groups in total. The van der Waals surface area contributed by atoms with Gasteiger partial charge in [-0.15, -0.1) is 6.58 Å². The van der Waals surface area contributed by atoms with Crippen LogP contribution in [0.25, 0.3) is 99.0 Å². The molecule has 8 aromatic carbocycles. The lowest BCUT2D eigenvalue weighted by Gasteiger charge is -2.20. The second-order valence-corrected chi connectivity index (χ2v) is 14.2. The molecule has 248 valence electrons. The van der Waals surface area contributed by atoms with Gasteiger partial charge in [0.15, 0.2) is 0 Å². The summed E-state index contributed by atoms with van der Waals surface area (Å²) in [4.78, 5) is 0. The van der Waals surface area contributed by atoms with Gasteiger partial charge in [-0.05, 0) is 106 Å². The van der Waals surface area contributed by atoms with E-state index in [1.807, 2.05) is 13.0 Å². The number of nitrogens with zero attached hydrogens (tertiary/aromatic N) is 1. The van der Waals surface area contributed by atoms with Gasteiger partial charge in [-0.25, -0.2) is 0 Å². The molecule has 0 saturated carbocycles. The predicted octanol–water partition coefficient (Wildman–Crippen LogP) is 14.2. The van der Waals surface area contributed by atoms with Gasteiger partial charge in [0.2, 0.25) is 0 Å². The third kappa shape index (κ3) is 4.64. The molecular formula is C50H37NO. The van der Waals surface area contributed by atoms with Crippen molar-refractivity contribution in [2.24, 2.45) is 5.92 Å². The maximum Gasteiger partial charge on any atom is 0.143 e. The van der Waals surface area contributed by atoms with E-state index in [9.17, 15) is 0 Å². The first-order chi connectivity index (χ1) is 25.6. The van der Waals surface area contributed by atoms with Crippen LogP contribution in [0.4, 0.5) is 0 Å². The predicted molar refractivity (Wildman–Crippen MR) is 224 cm³/mol. The zero-order chi connectivity index (χ0) is 34.9. The minimum atomic E-state index is 0.547. The van der Waals surface area contributed by atoms with Crippen molar-refractivity contribution in [1.82, 2.24) is 4.57 Å². The third-order valence-corrected chi connectivity index (χ3v) is 10.8. The van der Waals surface area contributed by atoms with E-state index >= 15 is 0 Å². The van der Waals surface area contributed by atoms with Crippen LogP contribution in [0.15, 0.2) is 163 Å². The van der Waals surface area contributed by atoms with Gasteiger partial charge in [0.25, 0.3) is 0 Å². The highest BCUT2D eigenvalue weighted by molar-refractivity contribution is 6.18. The van der Waals surface area contributed by atoms with Crippen molar-refractivity contribution in [1.29, 1.82) is 0 Å². The highest BCUT2D eigenvalue weighted by Gasteiger charge is 2.21. The fraction of sp³-hybridized carbons (Fsp3) is 0.0800. The lowest BCUT2D eigenvalue weighted by molar-refractivity contribution is 0.670. The Morgan fingerprint density at radius 2 is 1.29 bits per heavy atom. The number of allylic oxidation sites excluding steroid dienone is 2. The summed E-state index contributed by atoms with van der Waals surface area (Å²) < 4.78 is 9.01. The van der Waals surface area contributed by atoms with Gasteiger partial charge in [-0.2, -0.15) is 0 Å². The van der Waals surface area contributed by atoms with Crippen molar-refractivity contribution < 1.29 is 4.42 Å². The summed E-state index contributed by atoms with van der Waals surface area (Å²) in [6.07, 6.45) is 7.50. The number of aromatic nitrogens is 1. The SMILES string of the molecule is C=CC.CC1C=Cc2cc3c(-n4c5ccccc5c5cc(-c6cccc7c6oc6ccccc67)ccc54)c4cc5ccccc5cc4cc3cc2C1. The molecular weight excluding hydrogens is 631 g/mol. The molecule has 11 rings (SSSR count). The topological polar surface area (TPSA) is 18.1 Å². The fourth-order valence-corrected chi connectivity index (χ4v) is 8.51. The van der Waals surface area contributed by atoms with Crippen LogP contribution in [-0.4, -0.2) is 4.57 Å². The number of hydrogen-bond donors (Lipinski definition) is 0. The third-order valence-electron chi connectivity index (χ3n) is 10.8. The molecule has 1 aliphatic rings. The molecule has 0 radical (unpaired) electrons. The second-order valence-electron chi connectivity index (χ2n) is 14.2. The minimum Gasteiger partial charge on any atom is -0.455 e. The number of fused-ring (bicyclic) bond motifs is 10. The largest absolute Gasteiger partial charge is 0.455 e. The minimum absolute atomic E-state index is 0.547. The Balaban J connectivity index is 0.00000109. The molecule has 0 spiro atoms. The van der Waals surface area contributed by atoms with Crippen LogP contribution in [0.3, 0.4) is 0 Å². The van der Waals surface area contributed by atoms with Gasteiger partial charge in [0.05, 0.1) is 16.7 Å². The van der Waals surface area contributed by atoms with E-state index in [-0.39, 0.29) is 0 Å². The highest BCUT2D eigenvalue weighted by atomic mass is 16.3. The number of para-hydroxylation sites is 3. The van der Waals surface area contributed by atoms with Crippen molar-refractivity contribution in [2.45, 2.75) is 20.3 Å². The molecule has 10 aromatic rings. The summed E-state index contributed by atoms with van der Waals surface area (Å²) in [5.41, 5.74) is 10.5. The molecule has 52 heavy (non-hydrogen) atoms. The zero-order valence-corrected chi connectivity index (χ0v) is 29.4. The van der Waals surface area contributed by atoms with Gasteiger partial charge >= 0.3 is 0 Å². The maximum atomic E-state index is 6.48. The summed E-state index contributed by atoms with van der Waals surface area (Å²) in [7, 11) is 0. The molecule has 0 aliphatic heterocycles. The quantitative estimate of drug-likeness (QED) is 0.133. The summed E-state index contributed by atoms with van der Waals surface area (Å²) in [6.45, 7) is 7.56. The number of hydrogen-bond acceptors (Lipinski definition) is 1. The summed E-state index contributed by atoms with van der Waals surface area (Å²) in [6, 6.07) is 51.5. The molecule has 2 heterocycles. The molecule has 2 nitrogen and oxygen atoms in total. The average Bonchev–Trinajstić information content (AvgIpc) is 3.71. The Bertz CT molecular complexity index is 3100. The maximum absolute atomic E-state index is 6.48. The molecule has 0 fully saturated rings. The average molecular weight is 668 g/mol. The standard InChI is InChI=1S/C47H31NO.C3H6/c1-28-17-18-31-26-41-35(23-33(31)21-28)24-34-22-29-9-2-3-10-30(29)25-40(34)46(41)48-43-15-6-4-11-37(43)42-27-32(19-20-44(42)48)36-13-8-14-39-38-12-5-7-16-45(38)49-47(36)39;1-3-2/h2-20,22-28H,21H2,1H3;3H,1H2,2H3. The van der Waals surface area contributed by atoms with Crippen LogP contribution in [-0.2, 0) is 6.42 Å². The molecule has 1 aliphatic carbocycles. The van der Waals surface area contributed by atoms with E-state index < -0.39 is 0 Å². The van der Waals surface area contributed by atoms with Crippen molar-refractivity contribution in [2.75, 3.05) is 0 Å². The summed E-state index contributed by atoms with van der Waals surface area (Å²) in [5, 5.41) is 12.4. The van der Waals surface area contributed by atoms with E-state index in [4.69, 9.17) is 4.42 Å². The molecule has 0 amide bonds. The fourth-order valence-electron chi connectivity index (χ4n) is 8.51. The van der Waals surface area contributed by atoms with Gasteiger partial charge in [0, 0.05) is 37.9 Å². The lowest BCUT2D eigenvalue weighted by atomic mass is 9.87. The Kier molecular flexibility index (Phi) is 6.94. The Morgan fingerprint density at radius 1 is 0.615 bits per heavy atom. The van der Waals surface area contributed by atoms with Crippen molar-refractivity contribution in [3.8, 4) is 16.8 Å². The molecule has 2 aromatic heterocycles. The summed E-state index contributed by atoms with van der Waals surface area (Å²) >= 11 is 0. The number of furan rings is 1. The van der Waals surface area contributed by atoms with E-state index in [1.54, 1.807) is 6.08 Å². The van der Waals surface area contributed by atoms with Crippen LogP contribution in [0.1, 0.15) is 25.0 Å². The van der Waals surface area contributed by atoms with Gasteiger partial charge in [0.1, 0.15) is 11.2 Å². The van der Waals surface area contributed by atoms with E-state index in [0.717, 1.165) is 39.5 Å². The number of rotatable bonds is 2. The Hall–Kier alpha value is -6.38. The molecule has 1 unspecified atom stereocenters. The monoisotopic (exact) mass is 667 g/mol. The Morgan fingerprint density at radius 3 is 2.15 bits per heavy atom. The zero-order valence-electron chi connectivity index (χ0n) is 29.4.